The van der Waals surface area contributed by atoms with Crippen LogP contribution in [0.1, 0.15) is 10.5 Å². The van der Waals surface area contributed by atoms with Gasteiger partial charge in [0.15, 0.2) is 19.0 Å². The Bertz CT molecular complexity index is 986. The molecule has 8 heteroatoms. The van der Waals surface area contributed by atoms with E-state index in [0.29, 0.717) is 22.0 Å². The number of ether oxygens (including phenoxy) is 2. The quantitative estimate of drug-likeness (QED) is 0.304. The van der Waals surface area contributed by atoms with Crippen molar-refractivity contribution in [1.29, 1.82) is 0 Å². The number of esters is 1. The SMILES string of the molecule is Cn1cccc1C(=O)COC(=O)COc1c(I)cc(Cl)c2cccnc12. The van der Waals surface area contributed by atoms with Crippen LogP contribution in [0.4, 0.5) is 0 Å². The van der Waals surface area contributed by atoms with Crippen molar-refractivity contribution < 1.29 is 19.1 Å². The Balaban J connectivity index is 1.64. The van der Waals surface area contributed by atoms with Crippen LogP contribution in [-0.4, -0.2) is 34.5 Å². The maximum Gasteiger partial charge on any atom is 0.344 e. The highest BCUT2D eigenvalue weighted by atomic mass is 127. The molecule has 2 heterocycles. The predicted molar refractivity (Wildman–Crippen MR) is 106 cm³/mol. The Kier molecular flexibility index (Phi) is 5.77. The molecule has 0 spiro atoms. The number of pyridine rings is 1. The molecule has 1 aromatic carbocycles. The lowest BCUT2D eigenvalue weighted by Gasteiger charge is -2.11. The molecule has 0 fully saturated rings. The van der Waals surface area contributed by atoms with Crippen LogP contribution in [0.25, 0.3) is 10.9 Å². The van der Waals surface area contributed by atoms with Crippen molar-refractivity contribution in [2.75, 3.05) is 13.2 Å². The first-order valence-electron chi connectivity index (χ1n) is 7.63. The summed E-state index contributed by atoms with van der Waals surface area (Å²) in [6, 6.07) is 8.75. The minimum absolute atomic E-state index is 0.279. The molecule has 0 aliphatic carbocycles. The van der Waals surface area contributed by atoms with E-state index in [1.54, 1.807) is 48.3 Å². The van der Waals surface area contributed by atoms with Gasteiger partial charge in [-0.25, -0.2) is 4.79 Å². The zero-order valence-corrected chi connectivity index (χ0v) is 16.7. The lowest BCUT2D eigenvalue weighted by atomic mass is 10.2. The second-order valence-electron chi connectivity index (χ2n) is 5.45. The number of benzene rings is 1. The number of carbonyl (C=O) groups is 2. The maximum absolute atomic E-state index is 12.0. The fraction of sp³-hybridized carbons (Fsp3) is 0.167. The van der Waals surface area contributed by atoms with Gasteiger partial charge in [0, 0.05) is 24.8 Å². The summed E-state index contributed by atoms with van der Waals surface area (Å²) in [5.74, 6) is -0.460. The number of hydrogen-bond donors (Lipinski definition) is 0. The average molecular weight is 485 g/mol. The van der Waals surface area contributed by atoms with E-state index in [4.69, 9.17) is 21.1 Å². The summed E-state index contributed by atoms with van der Waals surface area (Å²) in [4.78, 5) is 28.2. The summed E-state index contributed by atoms with van der Waals surface area (Å²) in [6.45, 7) is -0.666. The molecule has 0 aliphatic heterocycles. The Morgan fingerprint density at radius 2 is 2.08 bits per heavy atom. The third kappa shape index (κ3) is 3.99. The number of Topliss-reactive ketones (excluding diaryl/α,β-unsaturated/α-hetero) is 1. The van der Waals surface area contributed by atoms with E-state index in [9.17, 15) is 9.59 Å². The largest absolute Gasteiger partial charge is 0.478 e. The molecule has 0 radical (unpaired) electrons. The van der Waals surface area contributed by atoms with Gasteiger partial charge < -0.3 is 14.0 Å². The van der Waals surface area contributed by atoms with Crippen LogP contribution in [0.15, 0.2) is 42.7 Å². The monoisotopic (exact) mass is 484 g/mol. The summed E-state index contributed by atoms with van der Waals surface area (Å²) in [7, 11) is 1.75. The van der Waals surface area contributed by atoms with Crippen LogP contribution in [0, 0.1) is 3.57 Å². The Hall–Kier alpha value is -2.13. The molecule has 0 N–H and O–H groups in total. The van der Waals surface area contributed by atoms with Gasteiger partial charge in [0.1, 0.15) is 5.52 Å². The van der Waals surface area contributed by atoms with Gasteiger partial charge in [-0.2, -0.15) is 0 Å². The highest BCUT2D eigenvalue weighted by molar-refractivity contribution is 14.1. The van der Waals surface area contributed by atoms with Gasteiger partial charge >= 0.3 is 5.97 Å². The maximum atomic E-state index is 12.0. The first kappa shape index (κ1) is 18.7. The summed E-state index contributed by atoms with van der Waals surface area (Å²) < 4.78 is 13.0. The second-order valence-corrected chi connectivity index (χ2v) is 7.02. The minimum atomic E-state index is -0.637. The van der Waals surface area contributed by atoms with Crippen LogP contribution in [0.3, 0.4) is 0 Å². The number of fused-ring (bicyclic) bond motifs is 1. The van der Waals surface area contributed by atoms with E-state index >= 15 is 0 Å². The molecule has 3 aromatic rings. The summed E-state index contributed by atoms with van der Waals surface area (Å²) >= 11 is 8.28. The first-order valence-corrected chi connectivity index (χ1v) is 9.08. The fourth-order valence-corrected chi connectivity index (χ4v) is 3.60. The average Bonchev–Trinajstić information content (AvgIpc) is 3.05. The number of aryl methyl sites for hydroxylation is 1. The molecule has 6 nitrogen and oxygen atoms in total. The van der Waals surface area contributed by atoms with E-state index in [0.717, 1.165) is 8.96 Å². The molecule has 0 aliphatic rings. The molecule has 26 heavy (non-hydrogen) atoms. The summed E-state index contributed by atoms with van der Waals surface area (Å²) in [5, 5.41) is 1.29. The van der Waals surface area contributed by atoms with Crippen molar-refractivity contribution in [2.45, 2.75) is 0 Å². The van der Waals surface area contributed by atoms with Gasteiger partial charge in [-0.05, 0) is 52.9 Å². The molecular formula is C18H14ClIN2O4. The number of nitrogens with zero attached hydrogens (tertiary/aromatic N) is 2. The zero-order chi connectivity index (χ0) is 18.7. The van der Waals surface area contributed by atoms with Gasteiger partial charge in [-0.3, -0.25) is 9.78 Å². The van der Waals surface area contributed by atoms with Gasteiger partial charge in [-0.1, -0.05) is 11.6 Å². The van der Waals surface area contributed by atoms with Crippen molar-refractivity contribution in [3.8, 4) is 5.75 Å². The highest BCUT2D eigenvalue weighted by Crippen LogP contribution is 2.34. The Labute approximate surface area is 168 Å². The van der Waals surface area contributed by atoms with Gasteiger partial charge in [0.25, 0.3) is 0 Å². The summed E-state index contributed by atoms with van der Waals surface area (Å²) in [5.41, 5.74) is 1.04. The predicted octanol–water partition coefficient (Wildman–Crippen LogP) is 3.64. The molecule has 2 aromatic heterocycles. The smallest absolute Gasteiger partial charge is 0.344 e. The number of ketones is 1. The molecule has 0 unspecified atom stereocenters. The van der Waals surface area contributed by atoms with E-state index in [1.807, 2.05) is 6.07 Å². The fourth-order valence-electron chi connectivity index (χ4n) is 2.43. The van der Waals surface area contributed by atoms with Crippen molar-refractivity contribution >= 4 is 56.8 Å². The van der Waals surface area contributed by atoms with Crippen LogP contribution in [-0.2, 0) is 16.6 Å². The molecule has 0 atom stereocenters. The van der Waals surface area contributed by atoms with Crippen LogP contribution in [0.2, 0.25) is 5.02 Å². The highest BCUT2D eigenvalue weighted by Gasteiger charge is 2.16. The standard InChI is InChI=1S/C18H14ClIN2O4/c1-22-7-3-5-14(22)15(23)9-25-16(24)10-26-18-13(20)8-12(19)11-4-2-6-21-17(11)18/h2-8H,9-10H2,1H3. The number of rotatable bonds is 6. The van der Waals surface area contributed by atoms with E-state index in [2.05, 4.69) is 27.6 Å². The van der Waals surface area contributed by atoms with Crippen molar-refractivity contribution in [3.05, 3.63) is 57.0 Å². The second kappa shape index (κ2) is 8.05. The first-order chi connectivity index (χ1) is 12.5. The van der Waals surface area contributed by atoms with Crippen LogP contribution < -0.4 is 4.74 Å². The topological polar surface area (TPSA) is 70.4 Å². The minimum Gasteiger partial charge on any atom is -0.478 e. The third-order valence-electron chi connectivity index (χ3n) is 3.68. The zero-order valence-electron chi connectivity index (χ0n) is 13.7. The number of halogens is 2. The van der Waals surface area contributed by atoms with E-state index in [1.165, 1.54) is 0 Å². The molecule has 0 bridgehead atoms. The third-order valence-corrected chi connectivity index (χ3v) is 4.79. The number of hydrogen-bond acceptors (Lipinski definition) is 5. The lowest BCUT2D eigenvalue weighted by molar-refractivity contribution is -0.144. The van der Waals surface area contributed by atoms with E-state index in [-0.39, 0.29) is 19.0 Å². The van der Waals surface area contributed by atoms with Crippen LogP contribution in [0.5, 0.6) is 5.75 Å². The van der Waals surface area contributed by atoms with Gasteiger partial charge in [0.05, 0.1) is 14.3 Å². The van der Waals surface area contributed by atoms with Gasteiger partial charge in [-0.15, -0.1) is 0 Å². The summed E-state index contributed by atoms with van der Waals surface area (Å²) in [6.07, 6.45) is 3.37. The van der Waals surface area contributed by atoms with Gasteiger partial charge in [0.2, 0.25) is 5.78 Å². The number of aromatic nitrogens is 2. The molecule has 0 saturated heterocycles. The molecule has 0 amide bonds. The molecule has 0 saturated carbocycles. The Morgan fingerprint density at radius 1 is 1.27 bits per heavy atom. The van der Waals surface area contributed by atoms with E-state index < -0.39 is 5.97 Å². The van der Waals surface area contributed by atoms with Crippen molar-refractivity contribution in [2.24, 2.45) is 7.05 Å². The lowest BCUT2D eigenvalue weighted by Crippen LogP contribution is -2.21. The molecule has 134 valence electrons. The molecule has 3 rings (SSSR count). The number of carbonyl (C=O) groups excluding carboxylic acids is 2. The van der Waals surface area contributed by atoms with Crippen molar-refractivity contribution in [1.82, 2.24) is 9.55 Å². The molecular weight excluding hydrogens is 471 g/mol. The normalized spacial score (nSPS) is 10.7. The Morgan fingerprint density at radius 3 is 2.81 bits per heavy atom. The van der Waals surface area contributed by atoms with Crippen molar-refractivity contribution in [3.63, 3.8) is 0 Å². The van der Waals surface area contributed by atoms with Crippen LogP contribution >= 0.6 is 34.2 Å².